The van der Waals surface area contributed by atoms with Gasteiger partial charge in [0.1, 0.15) is 0 Å². The first-order valence-corrected chi connectivity index (χ1v) is 6.93. The van der Waals surface area contributed by atoms with E-state index >= 15 is 0 Å². The standard InChI is InChI=1S/C16H19ClO/c1-2-18-11-10-15(17)12-14-8-5-7-13-6-3-4-9-16(13)14/h3-9,15H,2,10-12H2,1H3. The quantitative estimate of drug-likeness (QED) is 0.553. The Labute approximate surface area is 114 Å². The summed E-state index contributed by atoms with van der Waals surface area (Å²) in [5.74, 6) is 0. The van der Waals surface area contributed by atoms with Crippen molar-refractivity contribution in [3.63, 3.8) is 0 Å². The Hall–Kier alpha value is -1.05. The highest BCUT2D eigenvalue weighted by atomic mass is 35.5. The molecule has 2 rings (SSSR count). The number of halogens is 1. The molecule has 0 aliphatic rings. The molecule has 18 heavy (non-hydrogen) atoms. The van der Waals surface area contributed by atoms with Crippen LogP contribution in [0.15, 0.2) is 42.5 Å². The average molecular weight is 263 g/mol. The summed E-state index contributed by atoms with van der Waals surface area (Å²) >= 11 is 6.37. The van der Waals surface area contributed by atoms with Crippen molar-refractivity contribution >= 4 is 22.4 Å². The summed E-state index contributed by atoms with van der Waals surface area (Å²) in [6.45, 7) is 3.52. The third-order valence-electron chi connectivity index (χ3n) is 3.10. The van der Waals surface area contributed by atoms with E-state index in [0.717, 1.165) is 26.1 Å². The lowest BCUT2D eigenvalue weighted by Crippen LogP contribution is -2.08. The highest BCUT2D eigenvalue weighted by Crippen LogP contribution is 2.21. The second-order valence-corrected chi connectivity index (χ2v) is 5.04. The molecule has 0 aliphatic heterocycles. The Kier molecular flexibility index (Phi) is 5.03. The number of benzene rings is 2. The molecule has 0 heterocycles. The van der Waals surface area contributed by atoms with E-state index in [2.05, 4.69) is 42.5 Å². The van der Waals surface area contributed by atoms with Gasteiger partial charge in [-0.2, -0.15) is 0 Å². The van der Waals surface area contributed by atoms with Crippen molar-refractivity contribution in [1.29, 1.82) is 0 Å². The number of alkyl halides is 1. The van der Waals surface area contributed by atoms with Crippen molar-refractivity contribution in [2.75, 3.05) is 13.2 Å². The van der Waals surface area contributed by atoms with Gasteiger partial charge in [0, 0.05) is 18.6 Å². The second kappa shape index (κ2) is 6.77. The summed E-state index contributed by atoms with van der Waals surface area (Å²) in [7, 11) is 0. The van der Waals surface area contributed by atoms with Crippen LogP contribution in [-0.4, -0.2) is 18.6 Å². The summed E-state index contributed by atoms with van der Waals surface area (Å²) < 4.78 is 5.34. The minimum absolute atomic E-state index is 0.141. The number of fused-ring (bicyclic) bond motifs is 1. The van der Waals surface area contributed by atoms with Crippen molar-refractivity contribution in [3.05, 3.63) is 48.0 Å². The van der Waals surface area contributed by atoms with Crippen LogP contribution < -0.4 is 0 Å². The van der Waals surface area contributed by atoms with E-state index in [4.69, 9.17) is 16.3 Å². The molecule has 2 aromatic carbocycles. The summed E-state index contributed by atoms with van der Waals surface area (Å²) in [6, 6.07) is 14.9. The maximum absolute atomic E-state index is 6.37. The molecule has 2 aromatic rings. The molecule has 0 spiro atoms. The predicted molar refractivity (Wildman–Crippen MR) is 78.4 cm³/mol. The minimum atomic E-state index is 0.141. The van der Waals surface area contributed by atoms with E-state index < -0.39 is 0 Å². The first kappa shape index (κ1) is 13.4. The number of ether oxygens (including phenoxy) is 1. The highest BCUT2D eigenvalue weighted by molar-refractivity contribution is 6.20. The molecule has 2 heteroatoms. The topological polar surface area (TPSA) is 9.23 Å². The van der Waals surface area contributed by atoms with Gasteiger partial charge in [0.05, 0.1) is 0 Å². The summed E-state index contributed by atoms with van der Waals surface area (Å²) in [5.41, 5.74) is 1.32. The molecule has 1 atom stereocenters. The van der Waals surface area contributed by atoms with Crippen LogP contribution in [0.1, 0.15) is 18.9 Å². The lowest BCUT2D eigenvalue weighted by Gasteiger charge is -2.11. The van der Waals surface area contributed by atoms with Crippen LogP contribution in [0, 0.1) is 0 Å². The molecule has 96 valence electrons. The smallest absolute Gasteiger partial charge is 0.0480 e. The minimum Gasteiger partial charge on any atom is -0.382 e. The Bertz CT molecular complexity index is 490. The van der Waals surface area contributed by atoms with Gasteiger partial charge in [0.15, 0.2) is 0 Å². The fourth-order valence-corrected chi connectivity index (χ4v) is 2.42. The fraction of sp³-hybridized carbons (Fsp3) is 0.375. The molecule has 1 unspecified atom stereocenters. The van der Waals surface area contributed by atoms with Crippen LogP contribution in [0.2, 0.25) is 0 Å². The van der Waals surface area contributed by atoms with Gasteiger partial charge < -0.3 is 4.74 Å². The zero-order chi connectivity index (χ0) is 12.8. The first-order chi connectivity index (χ1) is 8.81. The zero-order valence-electron chi connectivity index (χ0n) is 10.7. The first-order valence-electron chi connectivity index (χ1n) is 6.49. The summed E-state index contributed by atoms with van der Waals surface area (Å²) in [4.78, 5) is 0. The maximum atomic E-state index is 6.37. The number of hydrogen-bond acceptors (Lipinski definition) is 1. The normalized spacial score (nSPS) is 12.8. The van der Waals surface area contributed by atoms with Crippen molar-refractivity contribution < 1.29 is 4.74 Å². The summed E-state index contributed by atoms with van der Waals surface area (Å²) in [5, 5.41) is 2.73. The second-order valence-electron chi connectivity index (χ2n) is 4.43. The van der Waals surface area contributed by atoms with E-state index in [1.54, 1.807) is 0 Å². The van der Waals surface area contributed by atoms with Gasteiger partial charge in [-0.1, -0.05) is 42.5 Å². The molecule has 0 aromatic heterocycles. The molecule has 0 amide bonds. The lowest BCUT2D eigenvalue weighted by molar-refractivity contribution is 0.144. The fourth-order valence-electron chi connectivity index (χ4n) is 2.17. The predicted octanol–water partition coefficient (Wildman–Crippen LogP) is 4.42. The molecular weight excluding hydrogens is 244 g/mol. The van der Waals surface area contributed by atoms with E-state index in [-0.39, 0.29) is 5.38 Å². The molecule has 0 N–H and O–H groups in total. The number of hydrogen-bond donors (Lipinski definition) is 0. The van der Waals surface area contributed by atoms with Gasteiger partial charge in [-0.3, -0.25) is 0 Å². The van der Waals surface area contributed by atoms with Gasteiger partial charge in [-0.15, -0.1) is 11.6 Å². The third-order valence-corrected chi connectivity index (χ3v) is 3.47. The van der Waals surface area contributed by atoms with Gasteiger partial charge in [-0.25, -0.2) is 0 Å². The molecule has 0 radical (unpaired) electrons. The Morgan fingerprint density at radius 3 is 2.72 bits per heavy atom. The van der Waals surface area contributed by atoms with Gasteiger partial charge >= 0.3 is 0 Å². The van der Waals surface area contributed by atoms with Gasteiger partial charge in [0.25, 0.3) is 0 Å². The van der Waals surface area contributed by atoms with E-state index in [9.17, 15) is 0 Å². The molecule has 0 aliphatic carbocycles. The van der Waals surface area contributed by atoms with Crippen molar-refractivity contribution in [2.24, 2.45) is 0 Å². The molecular formula is C16H19ClO. The van der Waals surface area contributed by atoms with Crippen molar-refractivity contribution in [3.8, 4) is 0 Å². The summed E-state index contributed by atoms with van der Waals surface area (Å²) in [6.07, 6.45) is 1.80. The number of rotatable bonds is 6. The highest BCUT2D eigenvalue weighted by Gasteiger charge is 2.08. The monoisotopic (exact) mass is 262 g/mol. The Morgan fingerprint density at radius 1 is 1.11 bits per heavy atom. The van der Waals surface area contributed by atoms with Crippen LogP contribution in [0.5, 0.6) is 0 Å². The van der Waals surface area contributed by atoms with E-state index in [1.807, 2.05) is 6.92 Å². The van der Waals surface area contributed by atoms with Crippen LogP contribution in [0.25, 0.3) is 10.8 Å². The molecule has 0 saturated heterocycles. The molecule has 1 nitrogen and oxygen atoms in total. The SMILES string of the molecule is CCOCCC(Cl)Cc1cccc2ccccc12. The molecule has 0 bridgehead atoms. The van der Waals surface area contributed by atoms with Crippen molar-refractivity contribution in [2.45, 2.75) is 25.1 Å². The van der Waals surface area contributed by atoms with E-state index in [1.165, 1.54) is 16.3 Å². The average Bonchev–Trinajstić information content (AvgIpc) is 2.39. The Morgan fingerprint density at radius 2 is 1.89 bits per heavy atom. The molecule has 0 saturated carbocycles. The van der Waals surface area contributed by atoms with Crippen molar-refractivity contribution in [1.82, 2.24) is 0 Å². The van der Waals surface area contributed by atoms with Gasteiger partial charge in [-0.05, 0) is 36.1 Å². The Balaban J connectivity index is 2.07. The van der Waals surface area contributed by atoms with Gasteiger partial charge in [0.2, 0.25) is 0 Å². The van der Waals surface area contributed by atoms with Crippen LogP contribution in [-0.2, 0) is 11.2 Å². The van der Waals surface area contributed by atoms with E-state index in [0.29, 0.717) is 0 Å². The zero-order valence-corrected chi connectivity index (χ0v) is 11.5. The maximum Gasteiger partial charge on any atom is 0.0480 e. The van der Waals surface area contributed by atoms with Crippen LogP contribution in [0.3, 0.4) is 0 Å². The van der Waals surface area contributed by atoms with Crippen LogP contribution in [0.4, 0.5) is 0 Å². The largest absolute Gasteiger partial charge is 0.382 e. The molecule has 0 fully saturated rings. The van der Waals surface area contributed by atoms with Crippen LogP contribution >= 0.6 is 11.6 Å². The lowest BCUT2D eigenvalue weighted by atomic mass is 10.00. The third kappa shape index (κ3) is 3.47.